The summed E-state index contributed by atoms with van der Waals surface area (Å²) in [6.07, 6.45) is 3.73. The van der Waals surface area contributed by atoms with E-state index < -0.39 is 0 Å². The van der Waals surface area contributed by atoms with Crippen LogP contribution in [0.2, 0.25) is 0 Å². The average Bonchev–Trinajstić information content (AvgIpc) is 2.81. The Morgan fingerprint density at radius 1 is 1.41 bits per heavy atom. The van der Waals surface area contributed by atoms with Gasteiger partial charge in [-0.15, -0.1) is 0 Å². The fraction of sp³-hybridized carbons (Fsp3) is 0.167. The van der Waals surface area contributed by atoms with Crippen LogP contribution in [0, 0.1) is 5.82 Å². The predicted octanol–water partition coefficient (Wildman–Crippen LogP) is 2.12. The van der Waals surface area contributed by atoms with E-state index in [1.807, 2.05) is 0 Å². The number of aryl methyl sites for hydroxylation is 1. The van der Waals surface area contributed by atoms with Gasteiger partial charge in [-0.05, 0) is 18.1 Å². The Labute approximate surface area is 97.9 Å². The summed E-state index contributed by atoms with van der Waals surface area (Å²) in [6.45, 7) is 0. The van der Waals surface area contributed by atoms with E-state index in [9.17, 15) is 9.18 Å². The third-order valence-electron chi connectivity index (χ3n) is 2.36. The molecule has 0 saturated carbocycles. The molecule has 0 aliphatic rings. The number of anilines is 1. The number of aromatic amines is 1. The molecule has 1 amide bonds. The molecule has 88 valence electrons. The van der Waals surface area contributed by atoms with Gasteiger partial charge in [-0.2, -0.15) is 5.10 Å². The number of carbonyl (C=O) groups excluding carboxylic acids is 1. The van der Waals surface area contributed by atoms with Crippen LogP contribution in [0.15, 0.2) is 36.7 Å². The van der Waals surface area contributed by atoms with Crippen LogP contribution in [-0.2, 0) is 11.2 Å². The lowest BCUT2D eigenvalue weighted by Gasteiger charge is -2.03. The fourth-order valence-electron chi connectivity index (χ4n) is 1.49. The summed E-state index contributed by atoms with van der Waals surface area (Å²) in [5, 5.41) is 8.96. The number of H-pyrrole nitrogens is 1. The minimum absolute atomic E-state index is 0.158. The molecule has 0 bridgehead atoms. The number of hydrogen-bond acceptors (Lipinski definition) is 2. The van der Waals surface area contributed by atoms with Crippen molar-refractivity contribution in [3.63, 3.8) is 0 Å². The normalized spacial score (nSPS) is 10.2. The Kier molecular flexibility index (Phi) is 3.49. The quantitative estimate of drug-likeness (QED) is 0.849. The lowest BCUT2D eigenvalue weighted by Crippen LogP contribution is -2.12. The topological polar surface area (TPSA) is 57.8 Å². The molecule has 4 nitrogen and oxygen atoms in total. The smallest absolute Gasteiger partial charge is 0.224 e. The molecule has 1 heterocycles. The van der Waals surface area contributed by atoms with Crippen molar-refractivity contribution in [3.8, 4) is 0 Å². The number of hydrogen-bond donors (Lipinski definition) is 2. The third-order valence-corrected chi connectivity index (χ3v) is 2.36. The third kappa shape index (κ3) is 3.14. The van der Waals surface area contributed by atoms with E-state index in [4.69, 9.17) is 0 Å². The SMILES string of the molecule is O=C(CCc1ccccc1F)Nc1cn[nH]c1. The monoisotopic (exact) mass is 233 g/mol. The minimum Gasteiger partial charge on any atom is -0.323 e. The standard InChI is InChI=1S/C12H12FN3O/c13-11-4-2-1-3-9(11)5-6-12(17)16-10-7-14-15-8-10/h1-4,7-8H,5-6H2,(H,14,15)(H,16,17). The Hall–Kier alpha value is -2.17. The molecule has 2 rings (SSSR count). The number of nitrogens with one attached hydrogen (secondary N) is 2. The molecular formula is C12H12FN3O. The van der Waals surface area contributed by atoms with Crippen molar-refractivity contribution in [2.45, 2.75) is 12.8 Å². The molecule has 0 atom stereocenters. The summed E-state index contributed by atoms with van der Waals surface area (Å²) in [6, 6.07) is 6.46. The van der Waals surface area contributed by atoms with Gasteiger partial charge in [0.2, 0.25) is 5.91 Å². The summed E-state index contributed by atoms with van der Waals surface area (Å²) in [4.78, 5) is 11.5. The van der Waals surface area contributed by atoms with E-state index in [2.05, 4.69) is 15.5 Å². The van der Waals surface area contributed by atoms with Gasteiger partial charge >= 0.3 is 0 Å². The summed E-state index contributed by atoms with van der Waals surface area (Å²) >= 11 is 0. The summed E-state index contributed by atoms with van der Waals surface area (Å²) in [5.41, 5.74) is 1.17. The number of halogens is 1. The Bertz CT molecular complexity index is 496. The lowest BCUT2D eigenvalue weighted by molar-refractivity contribution is -0.116. The largest absolute Gasteiger partial charge is 0.323 e. The summed E-state index contributed by atoms with van der Waals surface area (Å²) < 4.78 is 13.3. The number of aromatic nitrogens is 2. The van der Waals surface area contributed by atoms with Gasteiger partial charge in [-0.3, -0.25) is 9.89 Å². The highest BCUT2D eigenvalue weighted by Crippen LogP contribution is 2.10. The maximum Gasteiger partial charge on any atom is 0.224 e. The Morgan fingerprint density at radius 3 is 2.94 bits per heavy atom. The van der Waals surface area contributed by atoms with E-state index in [-0.39, 0.29) is 18.1 Å². The maximum absolute atomic E-state index is 13.3. The summed E-state index contributed by atoms with van der Waals surface area (Å²) in [5.74, 6) is -0.432. The van der Waals surface area contributed by atoms with E-state index in [0.29, 0.717) is 17.7 Å². The molecule has 17 heavy (non-hydrogen) atoms. The zero-order chi connectivity index (χ0) is 12.1. The zero-order valence-electron chi connectivity index (χ0n) is 9.11. The fourth-order valence-corrected chi connectivity index (χ4v) is 1.49. The van der Waals surface area contributed by atoms with Crippen LogP contribution < -0.4 is 5.32 Å². The highest BCUT2D eigenvalue weighted by Gasteiger charge is 2.06. The van der Waals surface area contributed by atoms with Gasteiger partial charge in [-0.25, -0.2) is 4.39 Å². The second kappa shape index (κ2) is 5.25. The first-order valence-corrected chi connectivity index (χ1v) is 5.28. The number of carbonyl (C=O) groups is 1. The first kappa shape index (κ1) is 11.3. The molecule has 2 N–H and O–H groups in total. The van der Waals surface area contributed by atoms with Crippen molar-refractivity contribution >= 4 is 11.6 Å². The molecule has 0 fully saturated rings. The van der Waals surface area contributed by atoms with Gasteiger partial charge in [0.05, 0.1) is 11.9 Å². The lowest BCUT2D eigenvalue weighted by atomic mass is 10.1. The number of rotatable bonds is 4. The van der Waals surface area contributed by atoms with Crippen molar-refractivity contribution < 1.29 is 9.18 Å². The van der Waals surface area contributed by atoms with Gasteiger partial charge in [-0.1, -0.05) is 18.2 Å². The van der Waals surface area contributed by atoms with Gasteiger partial charge in [0.15, 0.2) is 0 Å². The zero-order valence-corrected chi connectivity index (χ0v) is 9.11. The van der Waals surface area contributed by atoms with Crippen LogP contribution >= 0.6 is 0 Å². The van der Waals surface area contributed by atoms with Crippen LogP contribution in [0.3, 0.4) is 0 Å². The molecule has 0 aliphatic carbocycles. The molecule has 0 aliphatic heterocycles. The van der Waals surface area contributed by atoms with E-state index in [1.165, 1.54) is 12.3 Å². The molecule has 0 unspecified atom stereocenters. The van der Waals surface area contributed by atoms with Crippen LogP contribution in [-0.4, -0.2) is 16.1 Å². The van der Waals surface area contributed by atoms with Crippen molar-refractivity contribution in [2.75, 3.05) is 5.32 Å². The molecule has 5 heteroatoms. The second-order valence-electron chi connectivity index (χ2n) is 3.63. The second-order valence-corrected chi connectivity index (χ2v) is 3.63. The van der Waals surface area contributed by atoms with E-state index >= 15 is 0 Å². The van der Waals surface area contributed by atoms with Crippen molar-refractivity contribution in [2.24, 2.45) is 0 Å². The molecular weight excluding hydrogens is 221 g/mol. The molecule has 1 aromatic heterocycles. The number of amides is 1. The first-order valence-electron chi connectivity index (χ1n) is 5.28. The van der Waals surface area contributed by atoms with E-state index in [1.54, 1.807) is 24.4 Å². The molecule has 1 aromatic carbocycles. The van der Waals surface area contributed by atoms with Gasteiger partial charge in [0.25, 0.3) is 0 Å². The van der Waals surface area contributed by atoms with E-state index in [0.717, 1.165) is 0 Å². The van der Waals surface area contributed by atoms with Crippen LogP contribution in [0.1, 0.15) is 12.0 Å². The van der Waals surface area contributed by atoms with Gasteiger partial charge < -0.3 is 5.32 Å². The predicted molar refractivity (Wildman–Crippen MR) is 61.9 cm³/mol. The molecule has 2 aromatic rings. The summed E-state index contributed by atoms with van der Waals surface area (Å²) in [7, 11) is 0. The van der Waals surface area contributed by atoms with Gasteiger partial charge in [0.1, 0.15) is 5.82 Å². The van der Waals surface area contributed by atoms with Crippen LogP contribution in [0.4, 0.5) is 10.1 Å². The minimum atomic E-state index is -0.274. The number of benzene rings is 1. The average molecular weight is 233 g/mol. The van der Waals surface area contributed by atoms with Crippen LogP contribution in [0.25, 0.3) is 0 Å². The first-order chi connectivity index (χ1) is 8.25. The van der Waals surface area contributed by atoms with Crippen molar-refractivity contribution in [1.82, 2.24) is 10.2 Å². The maximum atomic E-state index is 13.3. The van der Waals surface area contributed by atoms with Gasteiger partial charge in [0, 0.05) is 12.6 Å². The number of nitrogens with zero attached hydrogens (tertiary/aromatic N) is 1. The van der Waals surface area contributed by atoms with Crippen molar-refractivity contribution in [1.29, 1.82) is 0 Å². The Morgan fingerprint density at radius 2 is 2.24 bits per heavy atom. The Balaban J connectivity index is 1.86. The highest BCUT2D eigenvalue weighted by atomic mass is 19.1. The molecule has 0 radical (unpaired) electrons. The highest BCUT2D eigenvalue weighted by molar-refractivity contribution is 5.90. The molecule has 0 spiro atoms. The molecule has 0 saturated heterocycles. The van der Waals surface area contributed by atoms with Crippen LogP contribution in [0.5, 0.6) is 0 Å². The van der Waals surface area contributed by atoms with Crippen molar-refractivity contribution in [3.05, 3.63) is 48.0 Å².